The first-order valence-corrected chi connectivity index (χ1v) is 24.6. The molecule has 5 heterocycles. The Kier molecular flexibility index (Phi) is 15.0. The molecule has 0 spiro atoms. The van der Waals surface area contributed by atoms with Crippen LogP contribution in [-0.4, -0.2) is 132 Å². The van der Waals surface area contributed by atoms with Gasteiger partial charge in [0.05, 0.1) is 42.2 Å². The van der Waals surface area contributed by atoms with Crippen molar-refractivity contribution in [3.63, 3.8) is 0 Å². The molecule has 0 radical (unpaired) electrons. The summed E-state index contributed by atoms with van der Waals surface area (Å²) in [6.45, 7) is 9.85. The van der Waals surface area contributed by atoms with Crippen LogP contribution in [0, 0.1) is 29.1 Å². The SMILES string of the molecule is CO[C@@H]1c2ncccc2-c2c3c4cc(ccc4n2CC(F)(F)F)-c2cc(CF)cc(c2)C[C@H](NC(=O)[C@@H](COC2CN(C(=O)C#CC(C)(C)N(C)C)C2)C(C)C)C(=O)N2CCC[C@H](N2)C(=O)OCC(C)(C)C31. The third-order valence-corrected chi connectivity index (χ3v) is 14.8. The van der Waals surface area contributed by atoms with Crippen molar-refractivity contribution in [2.75, 3.05) is 54.1 Å². The Morgan fingerprint density at radius 1 is 1.07 bits per heavy atom. The van der Waals surface area contributed by atoms with Crippen molar-refractivity contribution in [2.45, 2.75) is 116 Å². The summed E-state index contributed by atoms with van der Waals surface area (Å²) in [7, 11) is 5.30. The molecule has 1 aliphatic carbocycles. The first-order chi connectivity index (χ1) is 34.0. The zero-order valence-corrected chi connectivity index (χ0v) is 42.4. The lowest BCUT2D eigenvalue weighted by molar-refractivity contribution is -0.157. The van der Waals surface area contributed by atoms with E-state index in [1.54, 1.807) is 53.6 Å². The van der Waals surface area contributed by atoms with Gasteiger partial charge in [0.2, 0.25) is 5.91 Å². The van der Waals surface area contributed by atoms with Crippen LogP contribution < -0.4 is 10.7 Å². The van der Waals surface area contributed by atoms with E-state index in [9.17, 15) is 36.7 Å². The second-order valence-corrected chi connectivity index (χ2v) is 21.3. The number of hydrogen-bond acceptors (Lipinski definition) is 10. The number of alkyl halides is 4. The third-order valence-electron chi connectivity index (χ3n) is 14.8. The Morgan fingerprint density at radius 2 is 1.82 bits per heavy atom. The number of nitrogens with zero attached hydrogens (tertiary/aromatic N) is 5. The molecule has 8 rings (SSSR count). The zero-order chi connectivity index (χ0) is 52.0. The fraction of sp³-hybridized carbons (Fsp3) is 0.537. The summed E-state index contributed by atoms with van der Waals surface area (Å²) in [6, 6.07) is 11.5. The average molecular weight is 1000 g/mol. The number of hydrazine groups is 1. The van der Waals surface area contributed by atoms with Gasteiger partial charge >= 0.3 is 12.1 Å². The molecular formula is C54H65F4N7O7. The zero-order valence-electron chi connectivity index (χ0n) is 42.4. The molecule has 6 bridgehead atoms. The van der Waals surface area contributed by atoms with Crippen molar-refractivity contribution in [1.82, 2.24) is 35.1 Å². The Morgan fingerprint density at radius 3 is 2.50 bits per heavy atom. The minimum absolute atomic E-state index is 0.00904. The number of benzene rings is 2. The molecule has 4 aromatic rings. The van der Waals surface area contributed by atoms with Crippen LogP contribution in [0.1, 0.15) is 88.8 Å². The summed E-state index contributed by atoms with van der Waals surface area (Å²) in [5.74, 6) is 2.19. The number of carbonyl (C=O) groups excluding carboxylic acids is 4. The quantitative estimate of drug-likeness (QED) is 0.0956. The Bertz CT molecular complexity index is 2790. The number of aromatic nitrogens is 2. The number of rotatable bonds is 10. The molecule has 72 heavy (non-hydrogen) atoms. The number of hydrogen-bond donors (Lipinski definition) is 2. The van der Waals surface area contributed by atoms with Crippen LogP contribution in [0.25, 0.3) is 33.3 Å². The van der Waals surface area contributed by atoms with Gasteiger partial charge in [-0.1, -0.05) is 51.8 Å². The highest BCUT2D eigenvalue weighted by molar-refractivity contribution is 5.97. The summed E-state index contributed by atoms with van der Waals surface area (Å²) in [4.78, 5) is 64.3. The van der Waals surface area contributed by atoms with Gasteiger partial charge in [0.1, 0.15) is 31.4 Å². The number of cyclic esters (lactones) is 1. The first kappa shape index (κ1) is 52.5. The van der Waals surface area contributed by atoms with E-state index in [4.69, 9.17) is 14.2 Å². The largest absolute Gasteiger partial charge is 0.464 e. The number of pyridine rings is 1. The second kappa shape index (κ2) is 20.6. The number of methoxy groups -OCH3 is 1. The van der Waals surface area contributed by atoms with E-state index in [0.717, 1.165) is 0 Å². The predicted octanol–water partition coefficient (Wildman–Crippen LogP) is 7.14. The topological polar surface area (TPSA) is 148 Å². The molecule has 14 nitrogen and oxygen atoms in total. The van der Waals surface area contributed by atoms with E-state index in [2.05, 4.69) is 27.6 Å². The van der Waals surface area contributed by atoms with E-state index in [0.29, 0.717) is 76.0 Å². The monoisotopic (exact) mass is 999 g/mol. The van der Waals surface area contributed by atoms with Crippen molar-refractivity contribution in [2.24, 2.45) is 17.3 Å². The summed E-state index contributed by atoms with van der Waals surface area (Å²) in [6.07, 6.45) is -3.44. The van der Waals surface area contributed by atoms with E-state index >= 15 is 0 Å². The van der Waals surface area contributed by atoms with Crippen molar-refractivity contribution < 1.29 is 51.0 Å². The highest BCUT2D eigenvalue weighted by Crippen LogP contribution is 2.57. The molecule has 5 atom stereocenters. The number of fused-ring (bicyclic) bond motifs is 8. The van der Waals surface area contributed by atoms with Gasteiger partial charge in [0.25, 0.3) is 11.8 Å². The normalized spacial score (nSPS) is 21.9. The number of carbonyl (C=O) groups is 4. The van der Waals surface area contributed by atoms with Crippen LogP contribution in [0.3, 0.4) is 0 Å². The Balaban J connectivity index is 1.16. The molecular weight excluding hydrogens is 935 g/mol. The van der Waals surface area contributed by atoms with Gasteiger partial charge < -0.3 is 29.0 Å². The molecule has 2 N–H and O–H groups in total. The van der Waals surface area contributed by atoms with E-state index in [-0.39, 0.29) is 49.7 Å². The van der Waals surface area contributed by atoms with Gasteiger partial charge in [-0.05, 0) is 111 Å². The number of nitrogens with one attached hydrogen (secondary N) is 2. The summed E-state index contributed by atoms with van der Waals surface area (Å²) >= 11 is 0. The van der Waals surface area contributed by atoms with Crippen molar-refractivity contribution >= 4 is 34.6 Å². The lowest BCUT2D eigenvalue weighted by atomic mass is 9.67. The number of likely N-dealkylation sites (tertiary alicyclic amines) is 1. The molecule has 4 aliphatic rings. The number of halogens is 4. The summed E-state index contributed by atoms with van der Waals surface area (Å²) in [5, 5.41) is 4.83. The molecule has 3 amide bonds. The maximum Gasteiger partial charge on any atom is 0.406 e. The summed E-state index contributed by atoms with van der Waals surface area (Å²) < 4.78 is 78.8. The van der Waals surface area contributed by atoms with Crippen LogP contribution in [0.15, 0.2) is 54.7 Å². The molecule has 2 saturated heterocycles. The maximum atomic E-state index is 15.0. The van der Waals surface area contributed by atoms with Gasteiger partial charge in [0.15, 0.2) is 0 Å². The highest BCUT2D eigenvalue weighted by Gasteiger charge is 2.49. The smallest absolute Gasteiger partial charge is 0.406 e. The third kappa shape index (κ3) is 10.8. The van der Waals surface area contributed by atoms with Gasteiger partial charge in [-0.25, -0.2) is 9.82 Å². The minimum atomic E-state index is -4.61. The fourth-order valence-corrected chi connectivity index (χ4v) is 10.2. The molecule has 1 unspecified atom stereocenters. The average Bonchev–Trinajstić information content (AvgIpc) is 3.63. The molecule has 2 aromatic carbocycles. The van der Waals surface area contributed by atoms with Crippen LogP contribution in [0.2, 0.25) is 0 Å². The van der Waals surface area contributed by atoms with Crippen LogP contribution in [-0.2, 0) is 53.0 Å². The summed E-state index contributed by atoms with van der Waals surface area (Å²) in [5.41, 5.74) is 5.66. The number of amides is 3. The molecule has 2 aromatic heterocycles. The van der Waals surface area contributed by atoms with Gasteiger partial charge in [0, 0.05) is 67.2 Å². The standard InChI is InChI=1S/C54H65F4N7O7/c1-31(2)39(28-71-36-26-63(27-36)43(66)16-17-53(5,6)62(7)8)49(67)60-41-23-32-20-33(25-55)22-35(21-32)34-14-15-42-38(24-34)44-45(52(3,4)30-72-51(69)40-13-11-19-65(61-40)50(41)68)48(70-9)46-37(12-10-18-59-46)47(44)64(42)29-54(56,57)58/h10,12,14-15,18,20-22,24,31,36,39-41,45,48,61H,11,13,19,23,25-30H2,1-9H3,(H,60,67)/t39-,40-,41-,45?,48-/m0/s1. The van der Waals surface area contributed by atoms with E-state index in [1.165, 1.54) is 16.7 Å². The predicted molar refractivity (Wildman–Crippen MR) is 262 cm³/mol. The first-order valence-electron chi connectivity index (χ1n) is 24.6. The van der Waals surface area contributed by atoms with Crippen LogP contribution in [0.5, 0.6) is 0 Å². The molecule has 0 saturated carbocycles. The number of ether oxygens (including phenoxy) is 3. The lowest BCUT2D eigenvalue weighted by Gasteiger charge is -2.42. The van der Waals surface area contributed by atoms with E-state index in [1.807, 2.05) is 66.6 Å². The van der Waals surface area contributed by atoms with Gasteiger partial charge in [-0.2, -0.15) is 13.2 Å². The van der Waals surface area contributed by atoms with Crippen LogP contribution in [0.4, 0.5) is 17.6 Å². The molecule has 3 aliphatic heterocycles. The van der Waals surface area contributed by atoms with Crippen molar-refractivity contribution in [1.29, 1.82) is 0 Å². The Labute approximate surface area is 418 Å². The second-order valence-electron chi connectivity index (χ2n) is 21.3. The molecule has 386 valence electrons. The molecule has 18 heteroatoms. The Hall–Kier alpha value is -5.87. The maximum absolute atomic E-state index is 15.0. The van der Waals surface area contributed by atoms with Crippen molar-refractivity contribution in [3.05, 3.63) is 77.1 Å². The highest BCUT2D eigenvalue weighted by atomic mass is 19.4. The van der Waals surface area contributed by atoms with E-state index < -0.39 is 78.2 Å². The fourth-order valence-electron chi connectivity index (χ4n) is 10.2. The lowest BCUT2D eigenvalue weighted by Crippen LogP contribution is -2.61. The van der Waals surface area contributed by atoms with Crippen LogP contribution >= 0.6 is 0 Å². The molecule has 2 fully saturated rings. The van der Waals surface area contributed by atoms with Gasteiger partial charge in [-0.15, -0.1) is 0 Å². The minimum Gasteiger partial charge on any atom is -0.464 e. The number of esters is 1. The van der Waals surface area contributed by atoms with Gasteiger partial charge in [-0.3, -0.25) is 34.1 Å². The van der Waals surface area contributed by atoms with Crippen molar-refractivity contribution in [3.8, 4) is 34.2 Å².